The second-order valence-electron chi connectivity index (χ2n) is 5.78. The number of thioether (sulfide) groups is 1. The van der Waals surface area contributed by atoms with E-state index in [0.717, 1.165) is 35.5 Å². The van der Waals surface area contributed by atoms with Crippen LogP contribution in [0.5, 0.6) is 0 Å². The van der Waals surface area contributed by atoms with Crippen LogP contribution in [0.4, 0.5) is 5.82 Å². The third-order valence-corrected chi connectivity index (χ3v) is 4.88. The number of carbonyl (C=O) groups is 1. The molecule has 0 aromatic carbocycles. The van der Waals surface area contributed by atoms with Crippen molar-refractivity contribution in [3.05, 3.63) is 46.8 Å². The van der Waals surface area contributed by atoms with E-state index >= 15 is 0 Å². The molecular weight excluding hydrogens is 320 g/mol. The van der Waals surface area contributed by atoms with Crippen LogP contribution in [0, 0.1) is 18.3 Å². The monoisotopic (exact) mass is 338 g/mol. The molecule has 1 N–H and O–H groups in total. The van der Waals surface area contributed by atoms with Gasteiger partial charge in [-0.25, -0.2) is 9.97 Å². The fourth-order valence-corrected chi connectivity index (χ4v) is 3.61. The summed E-state index contributed by atoms with van der Waals surface area (Å²) >= 11 is 1.46. The minimum absolute atomic E-state index is 0.0831. The minimum Gasteiger partial charge on any atom is -0.311 e. The molecule has 2 aromatic rings. The molecule has 0 unspecified atom stereocenters. The van der Waals surface area contributed by atoms with Crippen LogP contribution in [0.15, 0.2) is 29.4 Å². The molecule has 2 heterocycles. The zero-order valence-electron chi connectivity index (χ0n) is 13.5. The number of nitriles is 1. The first-order chi connectivity index (χ1) is 11.7. The first-order valence-corrected chi connectivity index (χ1v) is 8.92. The van der Waals surface area contributed by atoms with Crippen molar-refractivity contribution in [1.82, 2.24) is 9.97 Å². The van der Waals surface area contributed by atoms with E-state index in [9.17, 15) is 10.1 Å². The number of hydrogen-bond acceptors (Lipinski definition) is 5. The van der Waals surface area contributed by atoms with Gasteiger partial charge in [0, 0.05) is 24.1 Å². The van der Waals surface area contributed by atoms with Crippen molar-refractivity contribution in [2.24, 2.45) is 0 Å². The standard InChI is InChI=1S/C18H18N4OS/c1-12-5-7-20-16(9-12)22-17(23)6-8-24-18-14(11-19)10-13-3-2-4-15(13)21-18/h5,7,9-10H,2-4,6,8H2,1H3,(H,20,22,23). The molecule has 0 radical (unpaired) electrons. The summed E-state index contributed by atoms with van der Waals surface area (Å²) < 4.78 is 0. The van der Waals surface area contributed by atoms with Gasteiger partial charge in [-0.15, -0.1) is 11.8 Å². The maximum Gasteiger partial charge on any atom is 0.226 e. The number of anilines is 1. The molecule has 1 aliphatic carbocycles. The smallest absolute Gasteiger partial charge is 0.226 e. The van der Waals surface area contributed by atoms with Gasteiger partial charge in [0.1, 0.15) is 16.9 Å². The maximum absolute atomic E-state index is 12.0. The van der Waals surface area contributed by atoms with E-state index in [-0.39, 0.29) is 5.91 Å². The Balaban J connectivity index is 1.57. The quantitative estimate of drug-likeness (QED) is 0.847. The molecule has 3 rings (SSSR count). The second kappa shape index (κ2) is 7.45. The second-order valence-corrected chi connectivity index (χ2v) is 6.86. The molecule has 0 saturated carbocycles. The van der Waals surface area contributed by atoms with Gasteiger partial charge in [-0.3, -0.25) is 4.79 Å². The average Bonchev–Trinajstić information content (AvgIpc) is 3.01. The van der Waals surface area contributed by atoms with Crippen molar-refractivity contribution in [2.45, 2.75) is 37.6 Å². The van der Waals surface area contributed by atoms with Gasteiger partial charge in [0.15, 0.2) is 0 Å². The van der Waals surface area contributed by atoms with Gasteiger partial charge >= 0.3 is 0 Å². The molecule has 6 heteroatoms. The minimum atomic E-state index is -0.0831. The number of aromatic nitrogens is 2. The van der Waals surface area contributed by atoms with Crippen LogP contribution < -0.4 is 5.32 Å². The predicted molar refractivity (Wildman–Crippen MR) is 93.9 cm³/mol. The Morgan fingerprint density at radius 1 is 1.42 bits per heavy atom. The van der Waals surface area contributed by atoms with E-state index < -0.39 is 0 Å². The number of rotatable bonds is 5. The Hall–Kier alpha value is -2.39. The summed E-state index contributed by atoms with van der Waals surface area (Å²) in [6.07, 6.45) is 5.12. The van der Waals surface area contributed by atoms with E-state index in [2.05, 4.69) is 21.4 Å². The molecule has 1 aliphatic rings. The van der Waals surface area contributed by atoms with Crippen LogP contribution in [-0.2, 0) is 17.6 Å². The Labute approximate surface area is 145 Å². The number of carbonyl (C=O) groups excluding carboxylic acids is 1. The number of aryl methyl sites for hydroxylation is 3. The lowest BCUT2D eigenvalue weighted by molar-refractivity contribution is -0.115. The fourth-order valence-electron chi connectivity index (χ4n) is 2.69. The van der Waals surface area contributed by atoms with Crippen LogP contribution in [0.1, 0.15) is 35.2 Å². The third kappa shape index (κ3) is 3.92. The van der Waals surface area contributed by atoms with Crippen LogP contribution >= 0.6 is 11.8 Å². The van der Waals surface area contributed by atoms with Crippen molar-refractivity contribution < 1.29 is 4.79 Å². The van der Waals surface area contributed by atoms with Crippen LogP contribution in [0.25, 0.3) is 0 Å². The predicted octanol–water partition coefficient (Wildman–Crippen LogP) is 3.27. The van der Waals surface area contributed by atoms with Gasteiger partial charge in [0.25, 0.3) is 0 Å². The van der Waals surface area contributed by atoms with Crippen molar-refractivity contribution in [1.29, 1.82) is 5.26 Å². The fraction of sp³-hybridized carbons (Fsp3) is 0.333. The van der Waals surface area contributed by atoms with E-state index in [4.69, 9.17) is 0 Å². The molecule has 0 fully saturated rings. The first-order valence-electron chi connectivity index (χ1n) is 7.94. The largest absolute Gasteiger partial charge is 0.311 e. The highest BCUT2D eigenvalue weighted by atomic mass is 32.2. The number of fused-ring (bicyclic) bond motifs is 1. The molecule has 1 amide bonds. The van der Waals surface area contributed by atoms with E-state index in [1.165, 1.54) is 17.3 Å². The Morgan fingerprint density at radius 2 is 2.29 bits per heavy atom. The maximum atomic E-state index is 12.0. The number of nitrogens with zero attached hydrogens (tertiary/aromatic N) is 3. The SMILES string of the molecule is Cc1ccnc(NC(=O)CCSc2nc3c(cc2C#N)CCC3)c1. The van der Waals surface area contributed by atoms with E-state index in [1.807, 2.05) is 25.1 Å². The molecule has 2 aromatic heterocycles. The first kappa shape index (κ1) is 16.5. The van der Waals surface area contributed by atoms with Gasteiger partial charge < -0.3 is 5.32 Å². The lowest BCUT2D eigenvalue weighted by Crippen LogP contribution is -2.13. The summed E-state index contributed by atoms with van der Waals surface area (Å²) in [6.45, 7) is 1.95. The van der Waals surface area contributed by atoms with Gasteiger partial charge in [0.05, 0.1) is 5.56 Å². The average molecular weight is 338 g/mol. The van der Waals surface area contributed by atoms with Gasteiger partial charge in [-0.2, -0.15) is 5.26 Å². The molecular formula is C18H18N4OS. The molecule has 0 saturated heterocycles. The Kier molecular flexibility index (Phi) is 5.11. The molecule has 122 valence electrons. The summed E-state index contributed by atoms with van der Waals surface area (Å²) in [5.74, 6) is 1.07. The van der Waals surface area contributed by atoms with Crippen molar-refractivity contribution in [2.75, 3.05) is 11.1 Å². The zero-order valence-corrected chi connectivity index (χ0v) is 14.3. The highest BCUT2D eigenvalue weighted by Crippen LogP contribution is 2.28. The van der Waals surface area contributed by atoms with Gasteiger partial charge in [-0.05, 0) is 55.5 Å². The summed E-state index contributed by atoms with van der Waals surface area (Å²) in [6, 6.07) is 7.89. The molecule has 0 aliphatic heterocycles. The number of nitrogens with one attached hydrogen (secondary N) is 1. The van der Waals surface area contributed by atoms with E-state index in [0.29, 0.717) is 23.6 Å². The van der Waals surface area contributed by atoms with Gasteiger partial charge in [0.2, 0.25) is 5.91 Å². The Bertz CT molecular complexity index is 813. The van der Waals surface area contributed by atoms with Crippen molar-refractivity contribution >= 4 is 23.5 Å². The number of amides is 1. The molecule has 0 atom stereocenters. The lowest BCUT2D eigenvalue weighted by Gasteiger charge is -2.07. The highest BCUT2D eigenvalue weighted by molar-refractivity contribution is 7.99. The zero-order chi connectivity index (χ0) is 16.9. The van der Waals surface area contributed by atoms with Crippen LogP contribution in [0.3, 0.4) is 0 Å². The highest BCUT2D eigenvalue weighted by Gasteiger charge is 2.17. The number of pyridine rings is 2. The number of hydrogen-bond donors (Lipinski definition) is 1. The van der Waals surface area contributed by atoms with Crippen LogP contribution in [-0.4, -0.2) is 21.6 Å². The normalized spacial score (nSPS) is 12.5. The summed E-state index contributed by atoms with van der Waals surface area (Å²) in [5.41, 5.74) is 3.96. The van der Waals surface area contributed by atoms with Crippen molar-refractivity contribution in [3.8, 4) is 6.07 Å². The molecule has 0 spiro atoms. The summed E-state index contributed by atoms with van der Waals surface area (Å²) in [5, 5.41) is 12.8. The topological polar surface area (TPSA) is 78.7 Å². The van der Waals surface area contributed by atoms with Gasteiger partial charge in [-0.1, -0.05) is 0 Å². The summed E-state index contributed by atoms with van der Waals surface area (Å²) in [7, 11) is 0. The Morgan fingerprint density at radius 3 is 3.08 bits per heavy atom. The third-order valence-electron chi connectivity index (χ3n) is 3.89. The van der Waals surface area contributed by atoms with Crippen LogP contribution in [0.2, 0.25) is 0 Å². The lowest BCUT2D eigenvalue weighted by atomic mass is 10.2. The van der Waals surface area contributed by atoms with Crippen molar-refractivity contribution in [3.63, 3.8) is 0 Å². The molecule has 5 nitrogen and oxygen atoms in total. The summed E-state index contributed by atoms with van der Waals surface area (Å²) in [4.78, 5) is 20.7. The molecule has 24 heavy (non-hydrogen) atoms. The molecule has 0 bridgehead atoms. The van der Waals surface area contributed by atoms with E-state index in [1.54, 1.807) is 6.20 Å².